The van der Waals surface area contributed by atoms with E-state index in [1.165, 1.54) is 0 Å². The van der Waals surface area contributed by atoms with Crippen molar-refractivity contribution in [3.63, 3.8) is 0 Å². The number of amides is 1. The van der Waals surface area contributed by atoms with Crippen LogP contribution in [0.25, 0.3) is 0 Å². The predicted octanol–water partition coefficient (Wildman–Crippen LogP) is 2.90. The molecule has 0 aliphatic rings. The smallest absolute Gasteiger partial charge is 0.347 e. The van der Waals surface area contributed by atoms with Gasteiger partial charge in [-0.25, -0.2) is 4.79 Å². The highest BCUT2D eigenvalue weighted by atomic mass is 16.6. The normalized spacial score (nSPS) is 13.1. The number of benzene rings is 1. The summed E-state index contributed by atoms with van der Waals surface area (Å²) in [6.07, 6.45) is -1.75. The number of nitrogens with zero attached hydrogens (tertiary/aromatic N) is 2. The van der Waals surface area contributed by atoms with Gasteiger partial charge in [-0.05, 0) is 65.8 Å². The molecule has 0 N–H and O–H groups in total. The molecular weight excluding hydrogens is 320 g/mol. The van der Waals surface area contributed by atoms with Crippen LogP contribution in [0.15, 0.2) is 24.3 Å². The molecule has 0 radical (unpaired) electrons. The number of ether oxygens (including phenoxy) is 2. The van der Waals surface area contributed by atoms with E-state index in [4.69, 9.17) is 14.7 Å². The number of carbonyl (C=O) groups excluding carboxylic acids is 2. The van der Waals surface area contributed by atoms with E-state index < -0.39 is 18.2 Å². The van der Waals surface area contributed by atoms with Gasteiger partial charge in [0, 0.05) is 12.1 Å². The predicted molar refractivity (Wildman–Crippen MR) is 93.9 cm³/mol. The van der Waals surface area contributed by atoms with Gasteiger partial charge in [-0.1, -0.05) is 0 Å². The van der Waals surface area contributed by atoms with E-state index in [1.54, 1.807) is 43.0 Å². The Hall–Kier alpha value is -2.55. The highest BCUT2D eigenvalue weighted by molar-refractivity contribution is 5.85. The summed E-state index contributed by atoms with van der Waals surface area (Å²) < 4.78 is 10.8. The lowest BCUT2D eigenvalue weighted by molar-refractivity contribution is -0.165. The van der Waals surface area contributed by atoms with Gasteiger partial charge in [0.05, 0.1) is 11.6 Å². The maximum absolute atomic E-state index is 12.5. The molecule has 6 heteroatoms. The summed E-state index contributed by atoms with van der Waals surface area (Å²) in [5.41, 5.74) is 0.504. The fourth-order valence-corrected chi connectivity index (χ4v) is 2.50. The molecule has 1 rings (SSSR count). The lowest BCUT2D eigenvalue weighted by atomic mass is 10.2. The van der Waals surface area contributed by atoms with Crippen LogP contribution >= 0.6 is 0 Å². The third-order valence-corrected chi connectivity index (χ3v) is 3.64. The Labute approximate surface area is 149 Å². The molecule has 0 heterocycles. The second kappa shape index (κ2) is 9.07. The van der Waals surface area contributed by atoms with E-state index in [0.29, 0.717) is 11.3 Å². The van der Waals surface area contributed by atoms with Crippen LogP contribution in [-0.4, -0.2) is 41.1 Å². The molecule has 6 nitrogen and oxygen atoms in total. The Morgan fingerprint density at radius 2 is 1.48 bits per heavy atom. The van der Waals surface area contributed by atoms with Gasteiger partial charge in [-0.3, -0.25) is 4.79 Å². The van der Waals surface area contributed by atoms with Crippen LogP contribution < -0.4 is 4.74 Å². The van der Waals surface area contributed by atoms with Crippen molar-refractivity contribution in [1.29, 1.82) is 5.26 Å². The second-order valence-electron chi connectivity index (χ2n) is 6.41. The maximum atomic E-state index is 12.5. The highest BCUT2D eigenvalue weighted by Crippen LogP contribution is 2.15. The van der Waals surface area contributed by atoms with Crippen LogP contribution in [0.5, 0.6) is 5.75 Å². The van der Waals surface area contributed by atoms with E-state index >= 15 is 0 Å². The molecular formula is C19H26N2O4. The number of rotatable bonds is 7. The molecule has 0 aromatic heterocycles. The van der Waals surface area contributed by atoms with E-state index in [-0.39, 0.29) is 18.0 Å². The van der Waals surface area contributed by atoms with Crippen LogP contribution in [0, 0.1) is 11.3 Å². The zero-order valence-electron chi connectivity index (χ0n) is 15.6. The Balaban J connectivity index is 2.66. The summed E-state index contributed by atoms with van der Waals surface area (Å²) in [5.74, 6) is -0.394. The third-order valence-electron chi connectivity index (χ3n) is 3.64. The average Bonchev–Trinajstić information content (AvgIpc) is 2.54. The molecule has 0 aliphatic carbocycles. The topological polar surface area (TPSA) is 79.6 Å². The molecule has 0 bridgehead atoms. The maximum Gasteiger partial charge on any atom is 0.347 e. The van der Waals surface area contributed by atoms with Crippen molar-refractivity contribution in [2.24, 2.45) is 0 Å². The van der Waals surface area contributed by atoms with Crippen LogP contribution in [-0.2, 0) is 14.3 Å². The number of esters is 1. The Bertz CT molecular complexity index is 624. The summed E-state index contributed by atoms with van der Waals surface area (Å²) in [7, 11) is 0. The molecule has 0 aliphatic heterocycles. The average molecular weight is 346 g/mol. The van der Waals surface area contributed by atoms with Crippen molar-refractivity contribution in [2.45, 2.75) is 65.8 Å². The first-order chi connectivity index (χ1) is 11.7. The fraction of sp³-hybridized carbons (Fsp3) is 0.526. The second-order valence-corrected chi connectivity index (χ2v) is 6.41. The minimum absolute atomic E-state index is 0.0148. The molecule has 25 heavy (non-hydrogen) atoms. The summed E-state index contributed by atoms with van der Waals surface area (Å²) >= 11 is 0. The number of hydrogen-bond donors (Lipinski definition) is 0. The standard InChI is InChI=1S/C19H26N2O4/c1-12(2)21(13(3)4)18(22)14(5)25-19(23)15(6)24-17-9-7-16(11-20)8-10-17/h7-10,12-15H,1-6H3/t14-,15+/m1/s1. The van der Waals surface area contributed by atoms with E-state index in [9.17, 15) is 9.59 Å². The summed E-state index contributed by atoms with van der Waals surface area (Å²) in [4.78, 5) is 26.4. The van der Waals surface area contributed by atoms with Gasteiger partial charge in [-0.2, -0.15) is 5.26 Å². The van der Waals surface area contributed by atoms with E-state index in [1.807, 2.05) is 33.8 Å². The largest absolute Gasteiger partial charge is 0.479 e. The van der Waals surface area contributed by atoms with E-state index in [0.717, 1.165) is 0 Å². The van der Waals surface area contributed by atoms with E-state index in [2.05, 4.69) is 0 Å². The minimum atomic E-state index is -0.885. The van der Waals surface area contributed by atoms with Gasteiger partial charge < -0.3 is 14.4 Å². The molecule has 2 atom stereocenters. The zero-order valence-corrected chi connectivity index (χ0v) is 15.6. The third kappa shape index (κ3) is 5.79. The number of carbonyl (C=O) groups is 2. The van der Waals surface area contributed by atoms with Crippen LogP contribution in [0.4, 0.5) is 0 Å². The summed E-state index contributed by atoms with van der Waals surface area (Å²) in [6.45, 7) is 10.8. The van der Waals surface area contributed by atoms with Crippen molar-refractivity contribution in [1.82, 2.24) is 4.90 Å². The minimum Gasteiger partial charge on any atom is -0.479 e. The molecule has 0 spiro atoms. The van der Waals surface area contributed by atoms with Gasteiger partial charge in [0.15, 0.2) is 12.2 Å². The SMILES string of the molecule is CC(C)N(C(=O)[C@@H](C)OC(=O)[C@H](C)Oc1ccc(C#N)cc1)C(C)C. The first kappa shape index (κ1) is 20.5. The number of nitriles is 1. The molecule has 0 saturated carbocycles. The fourth-order valence-electron chi connectivity index (χ4n) is 2.50. The highest BCUT2D eigenvalue weighted by Gasteiger charge is 2.29. The lowest BCUT2D eigenvalue weighted by Gasteiger charge is -2.33. The Kier molecular flexibility index (Phi) is 7.43. The van der Waals surface area contributed by atoms with Crippen molar-refractivity contribution in [3.05, 3.63) is 29.8 Å². The van der Waals surface area contributed by atoms with Crippen LogP contribution in [0.2, 0.25) is 0 Å². The zero-order chi connectivity index (χ0) is 19.1. The molecule has 1 amide bonds. The molecule has 136 valence electrons. The number of hydrogen-bond acceptors (Lipinski definition) is 5. The molecule has 0 saturated heterocycles. The van der Waals surface area contributed by atoms with Crippen molar-refractivity contribution in [2.75, 3.05) is 0 Å². The van der Waals surface area contributed by atoms with Gasteiger partial charge in [0.25, 0.3) is 5.91 Å². The van der Waals surface area contributed by atoms with Crippen molar-refractivity contribution >= 4 is 11.9 Å². The lowest BCUT2D eigenvalue weighted by Crippen LogP contribution is -2.48. The molecule has 1 aromatic rings. The van der Waals surface area contributed by atoms with Crippen LogP contribution in [0.1, 0.15) is 47.1 Å². The molecule has 0 unspecified atom stereocenters. The summed E-state index contributed by atoms with van der Waals surface area (Å²) in [5, 5.41) is 8.77. The molecule has 0 fully saturated rings. The van der Waals surface area contributed by atoms with Gasteiger partial charge in [-0.15, -0.1) is 0 Å². The van der Waals surface area contributed by atoms with Gasteiger partial charge in [0.1, 0.15) is 5.75 Å². The van der Waals surface area contributed by atoms with Gasteiger partial charge >= 0.3 is 5.97 Å². The van der Waals surface area contributed by atoms with Crippen molar-refractivity contribution < 1.29 is 19.1 Å². The Morgan fingerprint density at radius 1 is 0.960 bits per heavy atom. The van der Waals surface area contributed by atoms with Crippen LogP contribution in [0.3, 0.4) is 0 Å². The first-order valence-electron chi connectivity index (χ1n) is 8.36. The first-order valence-corrected chi connectivity index (χ1v) is 8.36. The Morgan fingerprint density at radius 3 is 1.92 bits per heavy atom. The van der Waals surface area contributed by atoms with Gasteiger partial charge in [0.2, 0.25) is 0 Å². The summed E-state index contributed by atoms with van der Waals surface area (Å²) in [6, 6.07) is 8.45. The molecule has 1 aromatic carbocycles. The monoisotopic (exact) mass is 346 g/mol. The quantitative estimate of drug-likeness (QED) is 0.709. The van der Waals surface area contributed by atoms with Crippen molar-refractivity contribution in [3.8, 4) is 11.8 Å².